The minimum absolute atomic E-state index is 0.367. The maximum absolute atomic E-state index is 2.79. The number of rotatable bonds is 2. The fourth-order valence-corrected chi connectivity index (χ4v) is 4.53. The van der Waals surface area contributed by atoms with Crippen LogP contribution in [0.15, 0.2) is 0 Å². The molecule has 2 aliphatic heterocycles. The molecule has 0 N–H and O–H groups in total. The summed E-state index contributed by atoms with van der Waals surface area (Å²) < 4.78 is 0. The van der Waals surface area contributed by atoms with Crippen LogP contribution in [-0.2, 0) is 0 Å². The number of hydrogen-bond donors (Lipinski definition) is 0. The third-order valence-electron chi connectivity index (χ3n) is 6.52. The van der Waals surface area contributed by atoms with E-state index in [1.165, 1.54) is 51.9 Å². The van der Waals surface area contributed by atoms with E-state index < -0.39 is 0 Å². The molecule has 1 saturated carbocycles. The van der Waals surface area contributed by atoms with Crippen LogP contribution < -0.4 is 0 Å². The molecular formula is C18H34N2. The Balaban J connectivity index is 1.42. The van der Waals surface area contributed by atoms with Crippen LogP contribution in [-0.4, -0.2) is 47.6 Å². The minimum atomic E-state index is 0.367. The molecule has 20 heavy (non-hydrogen) atoms. The Kier molecular flexibility index (Phi) is 3.70. The van der Waals surface area contributed by atoms with E-state index in [9.17, 15) is 0 Å². The van der Waals surface area contributed by atoms with Gasteiger partial charge in [0, 0.05) is 24.7 Å². The molecule has 0 unspecified atom stereocenters. The van der Waals surface area contributed by atoms with Crippen molar-refractivity contribution in [2.75, 3.05) is 26.2 Å². The van der Waals surface area contributed by atoms with Crippen molar-refractivity contribution in [1.82, 2.24) is 9.80 Å². The Morgan fingerprint density at radius 1 is 1.00 bits per heavy atom. The molecule has 0 aromatic rings. The molecule has 2 nitrogen and oxygen atoms in total. The Bertz CT molecular complexity index is 333. The third kappa shape index (κ3) is 2.66. The Hall–Kier alpha value is -0.0800. The normalized spacial score (nSPS) is 29.7. The topological polar surface area (TPSA) is 6.48 Å². The van der Waals surface area contributed by atoms with Gasteiger partial charge in [-0.2, -0.15) is 0 Å². The summed E-state index contributed by atoms with van der Waals surface area (Å²) in [5.74, 6) is 1.94. The predicted molar refractivity (Wildman–Crippen MR) is 85.9 cm³/mol. The molecule has 3 fully saturated rings. The van der Waals surface area contributed by atoms with E-state index in [2.05, 4.69) is 44.4 Å². The molecule has 0 aromatic heterocycles. The number of likely N-dealkylation sites (tertiary alicyclic amines) is 2. The zero-order valence-corrected chi connectivity index (χ0v) is 14.3. The van der Waals surface area contributed by atoms with Crippen molar-refractivity contribution in [1.29, 1.82) is 0 Å². The summed E-state index contributed by atoms with van der Waals surface area (Å²) in [7, 11) is 0. The van der Waals surface area contributed by atoms with Crippen LogP contribution in [0.5, 0.6) is 0 Å². The highest BCUT2D eigenvalue weighted by Gasteiger charge is 2.48. The molecule has 116 valence electrons. The van der Waals surface area contributed by atoms with Crippen LogP contribution >= 0.6 is 0 Å². The van der Waals surface area contributed by atoms with Gasteiger partial charge in [0.25, 0.3) is 0 Å². The fourth-order valence-electron chi connectivity index (χ4n) is 4.53. The fraction of sp³-hybridized carbons (Fsp3) is 1.00. The Labute approximate surface area is 125 Å². The van der Waals surface area contributed by atoms with E-state index in [0.717, 1.165) is 23.3 Å². The lowest BCUT2D eigenvalue weighted by Crippen LogP contribution is -2.66. The van der Waals surface area contributed by atoms with Crippen molar-refractivity contribution in [3.05, 3.63) is 0 Å². The highest BCUT2D eigenvalue weighted by atomic mass is 15.3. The van der Waals surface area contributed by atoms with Gasteiger partial charge < -0.3 is 0 Å². The molecule has 0 amide bonds. The van der Waals surface area contributed by atoms with E-state index in [1.54, 1.807) is 0 Å². The Morgan fingerprint density at radius 3 is 2.00 bits per heavy atom. The maximum atomic E-state index is 2.79. The molecule has 3 aliphatic rings. The first-order valence-electron chi connectivity index (χ1n) is 8.78. The summed E-state index contributed by atoms with van der Waals surface area (Å²) in [5, 5.41) is 0. The van der Waals surface area contributed by atoms with Crippen LogP contribution in [0.4, 0.5) is 0 Å². The van der Waals surface area contributed by atoms with E-state index in [0.29, 0.717) is 5.54 Å². The lowest BCUT2D eigenvalue weighted by Gasteiger charge is -2.57. The van der Waals surface area contributed by atoms with Crippen molar-refractivity contribution in [2.45, 2.75) is 71.9 Å². The molecule has 0 bridgehead atoms. The molecule has 2 heteroatoms. The molecule has 0 aromatic carbocycles. The van der Waals surface area contributed by atoms with Crippen LogP contribution in [0.2, 0.25) is 0 Å². The highest BCUT2D eigenvalue weighted by Crippen LogP contribution is 2.55. The molecule has 2 heterocycles. The quantitative estimate of drug-likeness (QED) is 0.761. The summed E-state index contributed by atoms with van der Waals surface area (Å²) in [6.07, 6.45) is 6.00. The Morgan fingerprint density at radius 2 is 1.55 bits per heavy atom. The zero-order valence-electron chi connectivity index (χ0n) is 14.3. The second-order valence-corrected chi connectivity index (χ2v) is 9.18. The van der Waals surface area contributed by atoms with Crippen LogP contribution in [0.25, 0.3) is 0 Å². The van der Waals surface area contributed by atoms with E-state index in [4.69, 9.17) is 0 Å². The van der Waals surface area contributed by atoms with Gasteiger partial charge in [0.1, 0.15) is 0 Å². The van der Waals surface area contributed by atoms with E-state index >= 15 is 0 Å². The SMILES string of the molecule is CC(C)C1CC2(CCN(C3CN(C(C)(C)C)C3)CC2)C1. The lowest BCUT2D eigenvalue weighted by molar-refractivity contribution is -0.0764. The summed E-state index contributed by atoms with van der Waals surface area (Å²) in [5.41, 5.74) is 1.13. The van der Waals surface area contributed by atoms with Gasteiger partial charge in [0.2, 0.25) is 0 Å². The third-order valence-corrected chi connectivity index (χ3v) is 6.52. The predicted octanol–water partition coefficient (Wildman–Crippen LogP) is 3.62. The summed E-state index contributed by atoms with van der Waals surface area (Å²) >= 11 is 0. The van der Waals surface area contributed by atoms with Gasteiger partial charge in [-0.25, -0.2) is 0 Å². The second-order valence-electron chi connectivity index (χ2n) is 9.18. The average molecular weight is 278 g/mol. The van der Waals surface area contributed by atoms with Crippen LogP contribution in [0, 0.1) is 17.3 Å². The molecule has 2 saturated heterocycles. The van der Waals surface area contributed by atoms with Crippen LogP contribution in [0.1, 0.15) is 60.3 Å². The molecular weight excluding hydrogens is 244 g/mol. The highest BCUT2D eigenvalue weighted by molar-refractivity contribution is 5.01. The van der Waals surface area contributed by atoms with Gasteiger partial charge in [-0.05, 0) is 76.8 Å². The van der Waals surface area contributed by atoms with Crippen molar-refractivity contribution in [2.24, 2.45) is 17.3 Å². The first-order chi connectivity index (χ1) is 9.29. The molecule has 0 radical (unpaired) electrons. The number of nitrogens with zero attached hydrogens (tertiary/aromatic N) is 2. The first kappa shape index (κ1) is 14.8. The van der Waals surface area contributed by atoms with Crippen LogP contribution in [0.3, 0.4) is 0 Å². The number of hydrogen-bond acceptors (Lipinski definition) is 2. The number of piperidine rings is 1. The lowest BCUT2D eigenvalue weighted by atomic mass is 9.55. The van der Waals surface area contributed by atoms with E-state index in [1.807, 2.05) is 0 Å². The zero-order chi connectivity index (χ0) is 14.5. The average Bonchev–Trinajstić information content (AvgIpc) is 2.22. The second kappa shape index (κ2) is 4.98. The minimum Gasteiger partial charge on any atom is -0.298 e. The van der Waals surface area contributed by atoms with Crippen molar-refractivity contribution < 1.29 is 0 Å². The molecule has 1 aliphatic carbocycles. The smallest absolute Gasteiger partial charge is 0.0350 e. The summed E-state index contributed by atoms with van der Waals surface area (Å²) in [6.45, 7) is 17.2. The van der Waals surface area contributed by atoms with Crippen molar-refractivity contribution in [3.8, 4) is 0 Å². The van der Waals surface area contributed by atoms with E-state index in [-0.39, 0.29) is 0 Å². The van der Waals surface area contributed by atoms with Gasteiger partial charge in [-0.3, -0.25) is 9.80 Å². The molecule has 0 atom stereocenters. The monoisotopic (exact) mass is 278 g/mol. The summed E-state index contributed by atoms with van der Waals surface area (Å²) in [4.78, 5) is 5.41. The van der Waals surface area contributed by atoms with Gasteiger partial charge in [-0.15, -0.1) is 0 Å². The first-order valence-corrected chi connectivity index (χ1v) is 8.78. The maximum Gasteiger partial charge on any atom is 0.0350 e. The summed E-state index contributed by atoms with van der Waals surface area (Å²) in [6, 6.07) is 0.854. The standard InChI is InChI=1S/C18H34N2/c1-14(2)15-10-18(11-15)6-8-19(9-7-18)16-12-20(13-16)17(3,4)5/h14-16H,6-13H2,1-5H3. The molecule has 3 rings (SSSR count). The van der Waals surface area contributed by atoms with Gasteiger partial charge in [0.05, 0.1) is 0 Å². The van der Waals surface area contributed by atoms with Gasteiger partial charge >= 0.3 is 0 Å². The van der Waals surface area contributed by atoms with Crippen molar-refractivity contribution >= 4 is 0 Å². The van der Waals surface area contributed by atoms with Gasteiger partial charge in [0.15, 0.2) is 0 Å². The van der Waals surface area contributed by atoms with Gasteiger partial charge in [-0.1, -0.05) is 13.8 Å². The van der Waals surface area contributed by atoms with Crippen molar-refractivity contribution in [3.63, 3.8) is 0 Å². The largest absolute Gasteiger partial charge is 0.298 e. The molecule has 1 spiro atoms.